The van der Waals surface area contributed by atoms with Gasteiger partial charge in [0.15, 0.2) is 5.76 Å². The number of morpholine rings is 1. The number of amides is 1. The fourth-order valence-corrected chi connectivity index (χ4v) is 2.49. The van der Waals surface area contributed by atoms with Crippen molar-refractivity contribution in [2.45, 2.75) is 13.5 Å². The van der Waals surface area contributed by atoms with Gasteiger partial charge in [-0.1, -0.05) is 6.07 Å². The van der Waals surface area contributed by atoms with Crippen molar-refractivity contribution in [3.8, 4) is 0 Å². The van der Waals surface area contributed by atoms with Gasteiger partial charge < -0.3 is 19.4 Å². The molecular formula is C16H19N3O3. The second-order valence-electron chi connectivity index (χ2n) is 5.20. The number of furan rings is 1. The lowest BCUT2D eigenvalue weighted by Crippen LogP contribution is -2.37. The first-order valence-electron chi connectivity index (χ1n) is 7.34. The van der Waals surface area contributed by atoms with Crippen LogP contribution in [0.15, 0.2) is 35.1 Å². The van der Waals surface area contributed by atoms with Crippen LogP contribution in [0.5, 0.6) is 0 Å². The van der Waals surface area contributed by atoms with Crippen LogP contribution in [0.2, 0.25) is 0 Å². The third kappa shape index (κ3) is 3.12. The van der Waals surface area contributed by atoms with Gasteiger partial charge in [-0.15, -0.1) is 0 Å². The first-order chi connectivity index (χ1) is 10.8. The number of nitrogens with zero attached hydrogens (tertiary/aromatic N) is 2. The van der Waals surface area contributed by atoms with Crippen molar-refractivity contribution in [2.24, 2.45) is 0 Å². The molecule has 6 nitrogen and oxygen atoms in total. The molecule has 0 saturated carbocycles. The van der Waals surface area contributed by atoms with Gasteiger partial charge in [-0.3, -0.25) is 4.79 Å². The molecule has 1 N–H and O–H groups in total. The van der Waals surface area contributed by atoms with Gasteiger partial charge in [-0.2, -0.15) is 0 Å². The van der Waals surface area contributed by atoms with Crippen molar-refractivity contribution in [1.82, 2.24) is 10.3 Å². The Morgan fingerprint density at radius 3 is 2.91 bits per heavy atom. The van der Waals surface area contributed by atoms with Gasteiger partial charge in [-0.25, -0.2) is 4.98 Å². The minimum absolute atomic E-state index is 0.209. The summed E-state index contributed by atoms with van der Waals surface area (Å²) >= 11 is 0. The van der Waals surface area contributed by atoms with E-state index in [1.54, 1.807) is 12.3 Å². The van der Waals surface area contributed by atoms with E-state index in [0.717, 1.165) is 30.0 Å². The van der Waals surface area contributed by atoms with E-state index in [9.17, 15) is 4.79 Å². The van der Waals surface area contributed by atoms with E-state index in [1.165, 1.54) is 6.26 Å². The summed E-state index contributed by atoms with van der Waals surface area (Å²) in [5.74, 6) is 1.05. The van der Waals surface area contributed by atoms with E-state index in [1.807, 2.05) is 19.1 Å². The molecule has 0 aliphatic carbocycles. The summed E-state index contributed by atoms with van der Waals surface area (Å²) in [5.41, 5.74) is 1.82. The summed E-state index contributed by atoms with van der Waals surface area (Å²) in [6.45, 7) is 5.30. The molecule has 1 amide bonds. The smallest absolute Gasteiger partial charge is 0.287 e. The van der Waals surface area contributed by atoms with E-state index >= 15 is 0 Å². The van der Waals surface area contributed by atoms with Crippen molar-refractivity contribution in [2.75, 3.05) is 31.2 Å². The van der Waals surface area contributed by atoms with Crippen molar-refractivity contribution in [1.29, 1.82) is 0 Å². The predicted octanol–water partition coefficient (Wildman–Crippen LogP) is 1.75. The van der Waals surface area contributed by atoms with E-state index in [4.69, 9.17) is 9.15 Å². The Balaban J connectivity index is 1.70. The Kier molecular flexibility index (Phi) is 4.39. The second kappa shape index (κ2) is 6.62. The molecule has 3 rings (SSSR count). The van der Waals surface area contributed by atoms with Crippen molar-refractivity contribution in [3.63, 3.8) is 0 Å². The van der Waals surface area contributed by atoms with Gasteiger partial charge in [0.2, 0.25) is 0 Å². The quantitative estimate of drug-likeness (QED) is 0.932. The van der Waals surface area contributed by atoms with Crippen LogP contribution in [-0.4, -0.2) is 37.2 Å². The van der Waals surface area contributed by atoms with Gasteiger partial charge >= 0.3 is 0 Å². The van der Waals surface area contributed by atoms with Crippen LogP contribution in [0, 0.1) is 6.92 Å². The summed E-state index contributed by atoms with van der Waals surface area (Å²) in [6, 6.07) is 5.63. The standard InChI is InChI=1S/C16H19N3O3/c1-12-4-8-22-14(12)16(20)18-11-13-3-2-5-17-15(13)19-6-9-21-10-7-19/h2-5,8H,6-7,9-11H2,1H3,(H,18,20). The van der Waals surface area contributed by atoms with Crippen molar-refractivity contribution < 1.29 is 13.9 Å². The first-order valence-corrected chi connectivity index (χ1v) is 7.34. The van der Waals surface area contributed by atoms with Crippen LogP contribution in [0.1, 0.15) is 21.7 Å². The molecule has 1 aliphatic heterocycles. The third-order valence-corrected chi connectivity index (χ3v) is 3.69. The number of carbonyl (C=O) groups excluding carboxylic acids is 1. The lowest BCUT2D eigenvalue weighted by molar-refractivity contribution is 0.0922. The summed E-state index contributed by atoms with van der Waals surface area (Å²) in [5, 5.41) is 2.89. The SMILES string of the molecule is Cc1ccoc1C(=O)NCc1cccnc1N1CCOCC1. The molecule has 116 valence electrons. The number of hydrogen-bond acceptors (Lipinski definition) is 5. The highest BCUT2D eigenvalue weighted by Gasteiger charge is 2.17. The number of hydrogen-bond donors (Lipinski definition) is 1. The average molecular weight is 301 g/mol. The highest BCUT2D eigenvalue weighted by molar-refractivity contribution is 5.92. The number of pyridine rings is 1. The third-order valence-electron chi connectivity index (χ3n) is 3.69. The molecule has 3 heterocycles. The molecule has 1 saturated heterocycles. The van der Waals surface area contributed by atoms with E-state index < -0.39 is 0 Å². The van der Waals surface area contributed by atoms with Gasteiger partial charge in [0.25, 0.3) is 5.91 Å². The fraction of sp³-hybridized carbons (Fsp3) is 0.375. The highest BCUT2D eigenvalue weighted by atomic mass is 16.5. The topological polar surface area (TPSA) is 67.6 Å². The first kappa shape index (κ1) is 14.6. The minimum atomic E-state index is -0.209. The van der Waals surface area contributed by atoms with E-state index in [-0.39, 0.29) is 5.91 Å². The maximum absolute atomic E-state index is 12.1. The molecule has 0 aromatic carbocycles. The Labute approximate surface area is 129 Å². The van der Waals surface area contributed by atoms with Gasteiger partial charge in [0.1, 0.15) is 5.82 Å². The van der Waals surface area contributed by atoms with Crippen LogP contribution in [0.4, 0.5) is 5.82 Å². The highest BCUT2D eigenvalue weighted by Crippen LogP contribution is 2.18. The Bertz CT molecular complexity index is 648. The number of aromatic nitrogens is 1. The maximum atomic E-state index is 12.1. The Morgan fingerprint density at radius 2 is 2.18 bits per heavy atom. The molecule has 0 bridgehead atoms. The van der Waals surface area contributed by atoms with E-state index in [2.05, 4.69) is 15.2 Å². The van der Waals surface area contributed by atoms with Gasteiger partial charge in [-0.05, 0) is 19.1 Å². The zero-order valence-corrected chi connectivity index (χ0v) is 12.5. The Morgan fingerprint density at radius 1 is 1.36 bits per heavy atom. The number of anilines is 1. The second-order valence-corrected chi connectivity index (χ2v) is 5.20. The largest absolute Gasteiger partial charge is 0.459 e. The number of aryl methyl sites for hydroxylation is 1. The molecule has 1 aliphatic rings. The zero-order chi connectivity index (χ0) is 15.4. The monoisotopic (exact) mass is 301 g/mol. The lowest BCUT2D eigenvalue weighted by Gasteiger charge is -2.29. The summed E-state index contributed by atoms with van der Waals surface area (Å²) in [4.78, 5) is 18.8. The molecular weight excluding hydrogens is 282 g/mol. The summed E-state index contributed by atoms with van der Waals surface area (Å²) in [6.07, 6.45) is 3.29. The maximum Gasteiger partial charge on any atom is 0.287 e. The normalized spacial score (nSPS) is 14.9. The van der Waals surface area contributed by atoms with Crippen LogP contribution in [0.25, 0.3) is 0 Å². The van der Waals surface area contributed by atoms with Crippen LogP contribution < -0.4 is 10.2 Å². The van der Waals surface area contributed by atoms with E-state index in [0.29, 0.717) is 25.5 Å². The number of rotatable bonds is 4. The van der Waals surface area contributed by atoms with Crippen molar-refractivity contribution >= 4 is 11.7 Å². The zero-order valence-electron chi connectivity index (χ0n) is 12.5. The summed E-state index contributed by atoms with van der Waals surface area (Å²) in [7, 11) is 0. The summed E-state index contributed by atoms with van der Waals surface area (Å²) < 4.78 is 10.6. The van der Waals surface area contributed by atoms with Gasteiger partial charge in [0.05, 0.1) is 19.5 Å². The molecule has 0 unspecified atom stereocenters. The fourth-order valence-electron chi connectivity index (χ4n) is 2.49. The van der Waals surface area contributed by atoms with Crippen LogP contribution >= 0.6 is 0 Å². The number of ether oxygens (including phenoxy) is 1. The molecule has 2 aromatic rings. The number of nitrogens with one attached hydrogen (secondary N) is 1. The average Bonchev–Trinajstić information content (AvgIpc) is 3.00. The lowest BCUT2D eigenvalue weighted by atomic mass is 10.2. The Hall–Kier alpha value is -2.34. The molecule has 2 aromatic heterocycles. The molecule has 0 radical (unpaired) electrons. The molecule has 1 fully saturated rings. The van der Waals surface area contributed by atoms with Crippen LogP contribution in [-0.2, 0) is 11.3 Å². The van der Waals surface area contributed by atoms with Gasteiger partial charge in [0, 0.05) is 37.0 Å². The predicted molar refractivity (Wildman–Crippen MR) is 81.9 cm³/mol. The molecule has 0 spiro atoms. The van der Waals surface area contributed by atoms with Crippen LogP contribution in [0.3, 0.4) is 0 Å². The van der Waals surface area contributed by atoms with Crippen molar-refractivity contribution in [3.05, 3.63) is 47.5 Å². The molecule has 0 atom stereocenters. The number of carbonyl (C=O) groups is 1. The minimum Gasteiger partial charge on any atom is -0.459 e. The molecule has 22 heavy (non-hydrogen) atoms. The molecule has 6 heteroatoms.